The lowest BCUT2D eigenvalue weighted by atomic mass is 9.51. The highest BCUT2D eigenvalue weighted by Crippen LogP contribution is 2.61. The first-order chi connectivity index (χ1) is 14.2. The Balaban J connectivity index is 1.84. The largest absolute Gasteiger partial charge is 0.365 e. The van der Waals surface area contributed by atoms with Gasteiger partial charge in [-0.05, 0) is 72.0 Å². The minimum atomic E-state index is 0.270. The second-order valence-electron chi connectivity index (χ2n) is 11.1. The molecular weight excluding hydrogens is 362 g/mol. The number of hydrogen-bond acceptors (Lipinski definition) is 1. The van der Waals surface area contributed by atoms with Gasteiger partial charge in [-0.15, -0.1) is 0 Å². The Morgan fingerprint density at radius 3 is 1.97 bits per heavy atom. The third-order valence-electron chi connectivity index (χ3n) is 8.73. The average molecular weight is 404 g/mol. The first-order valence-electron chi connectivity index (χ1n) is 12.1. The van der Waals surface area contributed by atoms with Crippen LogP contribution >= 0.6 is 0 Å². The lowest BCUT2D eigenvalue weighted by Gasteiger charge is -2.65. The SMILES string of the molecule is CC(C)c1cccc(C(C)C)c1N1C[C@@]2(C(C)c3ccccc3)CC[C@]1(C)C[C@H]2C. The summed E-state index contributed by atoms with van der Waals surface area (Å²) in [5.74, 6) is 2.41. The molecule has 1 unspecified atom stereocenters. The van der Waals surface area contributed by atoms with Crippen molar-refractivity contribution >= 4 is 5.69 Å². The zero-order valence-electron chi connectivity index (χ0n) is 20.2. The van der Waals surface area contributed by atoms with Crippen molar-refractivity contribution in [2.45, 2.75) is 91.0 Å². The van der Waals surface area contributed by atoms with Crippen LogP contribution in [0.1, 0.15) is 102 Å². The molecule has 1 aliphatic carbocycles. The number of anilines is 1. The highest BCUT2D eigenvalue weighted by atomic mass is 15.2. The maximum Gasteiger partial charge on any atom is 0.0441 e. The van der Waals surface area contributed by atoms with E-state index in [0.29, 0.717) is 23.2 Å². The van der Waals surface area contributed by atoms with Crippen molar-refractivity contribution in [3.63, 3.8) is 0 Å². The minimum Gasteiger partial charge on any atom is -0.365 e. The van der Waals surface area contributed by atoms with E-state index in [0.717, 1.165) is 5.92 Å². The smallest absolute Gasteiger partial charge is 0.0441 e. The Morgan fingerprint density at radius 1 is 0.833 bits per heavy atom. The maximum atomic E-state index is 2.88. The van der Waals surface area contributed by atoms with Crippen molar-refractivity contribution in [1.82, 2.24) is 0 Å². The highest BCUT2D eigenvalue weighted by molar-refractivity contribution is 5.65. The molecule has 2 heterocycles. The second-order valence-corrected chi connectivity index (χ2v) is 11.1. The number of benzene rings is 2. The topological polar surface area (TPSA) is 3.24 Å². The van der Waals surface area contributed by atoms with Crippen LogP contribution in [0.5, 0.6) is 0 Å². The number of fused-ring (bicyclic) bond motifs is 3. The molecule has 1 nitrogen and oxygen atoms in total. The van der Waals surface area contributed by atoms with Crippen LogP contribution in [0.3, 0.4) is 0 Å². The summed E-state index contributed by atoms with van der Waals surface area (Å²) in [6.07, 6.45) is 3.95. The van der Waals surface area contributed by atoms with Crippen molar-refractivity contribution in [1.29, 1.82) is 0 Å². The van der Waals surface area contributed by atoms with Crippen molar-refractivity contribution < 1.29 is 0 Å². The molecule has 3 fully saturated rings. The highest BCUT2D eigenvalue weighted by Gasteiger charge is 2.57. The van der Waals surface area contributed by atoms with E-state index in [1.54, 1.807) is 5.69 Å². The van der Waals surface area contributed by atoms with Gasteiger partial charge in [0.15, 0.2) is 0 Å². The van der Waals surface area contributed by atoms with Crippen LogP contribution in [0.2, 0.25) is 0 Å². The standard InChI is InChI=1S/C29H41N/c1-20(2)25-14-11-15-26(21(3)4)27(25)30-19-29(17-16-28(30,7)18-22(29)5)23(6)24-12-9-8-10-13-24/h8-15,20-23H,16-19H2,1-7H3/t22-,23?,28-,29+/m1/s1. The molecular formula is C29H41N. The molecule has 1 saturated carbocycles. The summed E-state index contributed by atoms with van der Waals surface area (Å²) in [6.45, 7) is 18.2. The number of piperidine rings is 2. The summed E-state index contributed by atoms with van der Waals surface area (Å²) >= 11 is 0. The fraction of sp³-hybridized carbons (Fsp3) is 0.586. The van der Waals surface area contributed by atoms with E-state index in [1.165, 1.54) is 42.5 Å². The van der Waals surface area contributed by atoms with Crippen molar-refractivity contribution in [3.05, 3.63) is 65.2 Å². The molecule has 0 spiro atoms. The van der Waals surface area contributed by atoms with Crippen LogP contribution in [0.25, 0.3) is 0 Å². The molecule has 1 heteroatoms. The van der Waals surface area contributed by atoms with Crippen LogP contribution in [0, 0.1) is 11.3 Å². The van der Waals surface area contributed by atoms with Gasteiger partial charge in [-0.25, -0.2) is 0 Å². The maximum absolute atomic E-state index is 2.88. The van der Waals surface area contributed by atoms with E-state index < -0.39 is 0 Å². The number of nitrogens with zero attached hydrogens (tertiary/aromatic N) is 1. The predicted octanol–water partition coefficient (Wildman–Crippen LogP) is 8.12. The monoisotopic (exact) mass is 403 g/mol. The van der Waals surface area contributed by atoms with E-state index in [1.807, 2.05) is 0 Å². The predicted molar refractivity (Wildman–Crippen MR) is 131 cm³/mol. The lowest BCUT2D eigenvalue weighted by molar-refractivity contribution is -0.00302. The zero-order chi connectivity index (χ0) is 21.7. The van der Waals surface area contributed by atoms with E-state index >= 15 is 0 Å². The molecule has 0 radical (unpaired) electrons. The molecule has 2 aromatic carbocycles. The first kappa shape index (κ1) is 21.5. The summed E-state index contributed by atoms with van der Waals surface area (Å²) in [5, 5.41) is 0. The molecule has 5 rings (SSSR count). The number of rotatable bonds is 5. The van der Waals surface area contributed by atoms with Crippen molar-refractivity contribution in [2.75, 3.05) is 11.4 Å². The van der Waals surface area contributed by atoms with Crippen LogP contribution in [0.15, 0.2) is 48.5 Å². The molecule has 0 N–H and O–H groups in total. The molecule has 0 aromatic heterocycles. The Kier molecular flexibility index (Phi) is 5.54. The number of para-hydroxylation sites is 1. The third kappa shape index (κ3) is 3.29. The van der Waals surface area contributed by atoms with E-state index in [9.17, 15) is 0 Å². The fourth-order valence-corrected chi connectivity index (χ4v) is 6.70. The molecule has 3 aliphatic rings. The van der Waals surface area contributed by atoms with Gasteiger partial charge in [0.2, 0.25) is 0 Å². The molecule has 2 saturated heterocycles. The second kappa shape index (κ2) is 7.74. The van der Waals surface area contributed by atoms with Gasteiger partial charge in [0.25, 0.3) is 0 Å². The molecule has 2 aliphatic heterocycles. The zero-order valence-corrected chi connectivity index (χ0v) is 20.2. The van der Waals surface area contributed by atoms with Gasteiger partial charge < -0.3 is 4.90 Å². The summed E-state index contributed by atoms with van der Waals surface area (Å²) in [6, 6.07) is 18.3. The summed E-state index contributed by atoms with van der Waals surface area (Å²) in [7, 11) is 0. The molecule has 2 bridgehead atoms. The molecule has 30 heavy (non-hydrogen) atoms. The summed E-state index contributed by atoms with van der Waals surface area (Å²) in [5.41, 5.74) is 6.75. The van der Waals surface area contributed by atoms with E-state index in [2.05, 4.69) is 102 Å². The van der Waals surface area contributed by atoms with Gasteiger partial charge in [0.05, 0.1) is 0 Å². The van der Waals surface area contributed by atoms with Gasteiger partial charge in [0.1, 0.15) is 0 Å². The average Bonchev–Trinajstić information content (AvgIpc) is 2.73. The van der Waals surface area contributed by atoms with E-state index in [4.69, 9.17) is 0 Å². The molecule has 4 atom stereocenters. The summed E-state index contributed by atoms with van der Waals surface area (Å²) < 4.78 is 0. The van der Waals surface area contributed by atoms with Crippen LogP contribution < -0.4 is 4.90 Å². The van der Waals surface area contributed by atoms with E-state index in [-0.39, 0.29) is 5.54 Å². The summed E-state index contributed by atoms with van der Waals surface area (Å²) in [4.78, 5) is 2.88. The Morgan fingerprint density at radius 2 is 1.43 bits per heavy atom. The van der Waals surface area contributed by atoms with Crippen LogP contribution in [-0.4, -0.2) is 12.1 Å². The van der Waals surface area contributed by atoms with Gasteiger partial charge in [-0.3, -0.25) is 0 Å². The normalized spacial score (nSPS) is 29.6. The Labute approximate surface area is 184 Å². The van der Waals surface area contributed by atoms with Crippen LogP contribution in [0.4, 0.5) is 5.69 Å². The van der Waals surface area contributed by atoms with Gasteiger partial charge in [0, 0.05) is 17.8 Å². The molecule has 2 aromatic rings. The lowest BCUT2D eigenvalue weighted by Crippen LogP contribution is -2.66. The number of hydrogen-bond donors (Lipinski definition) is 0. The van der Waals surface area contributed by atoms with Crippen molar-refractivity contribution in [2.24, 2.45) is 11.3 Å². The van der Waals surface area contributed by atoms with Crippen LogP contribution in [-0.2, 0) is 0 Å². The van der Waals surface area contributed by atoms with Crippen molar-refractivity contribution in [3.8, 4) is 0 Å². The van der Waals surface area contributed by atoms with Gasteiger partial charge in [-0.1, -0.05) is 90.1 Å². The molecule has 162 valence electrons. The Bertz CT molecular complexity index is 856. The fourth-order valence-electron chi connectivity index (χ4n) is 6.70. The minimum absolute atomic E-state index is 0.270. The van der Waals surface area contributed by atoms with Gasteiger partial charge >= 0.3 is 0 Å². The first-order valence-corrected chi connectivity index (χ1v) is 12.1. The Hall–Kier alpha value is -1.76. The quantitative estimate of drug-likeness (QED) is 0.487. The molecule has 0 amide bonds. The third-order valence-corrected chi connectivity index (χ3v) is 8.73. The van der Waals surface area contributed by atoms with Gasteiger partial charge in [-0.2, -0.15) is 0 Å².